The van der Waals surface area contributed by atoms with E-state index in [0.29, 0.717) is 13.0 Å². The normalized spacial score (nSPS) is 32.7. The minimum Gasteiger partial charge on any atom is -0.367 e. The first kappa shape index (κ1) is 20.0. The molecule has 2 aliphatic heterocycles. The summed E-state index contributed by atoms with van der Waals surface area (Å²) in [5.74, 6) is -0.658. The molecule has 2 bridgehead atoms. The van der Waals surface area contributed by atoms with Gasteiger partial charge in [0.2, 0.25) is 5.91 Å². The minimum atomic E-state index is -3.83. The fourth-order valence-electron chi connectivity index (χ4n) is 4.10. The summed E-state index contributed by atoms with van der Waals surface area (Å²) in [5, 5.41) is 12.4. The number of nitrogens with one attached hydrogen (secondary N) is 2. The van der Waals surface area contributed by atoms with Crippen molar-refractivity contribution in [2.75, 3.05) is 27.2 Å². The highest BCUT2D eigenvalue weighted by atomic mass is 32.2. The van der Waals surface area contributed by atoms with E-state index in [-0.39, 0.29) is 42.7 Å². The zero-order valence-corrected chi connectivity index (χ0v) is 16.2. The van der Waals surface area contributed by atoms with Gasteiger partial charge >= 0.3 is 10.2 Å². The number of ether oxygens (including phenoxy) is 1. The second kappa shape index (κ2) is 7.71. The molecular formula is C16H25N5O5S. The maximum absolute atomic E-state index is 12.7. The summed E-state index contributed by atoms with van der Waals surface area (Å²) < 4.78 is 31.7. The first-order valence-electron chi connectivity index (χ1n) is 9.03. The van der Waals surface area contributed by atoms with Gasteiger partial charge in [0.1, 0.15) is 12.6 Å². The second-order valence-electron chi connectivity index (χ2n) is 7.46. The molecule has 10 nitrogen and oxygen atoms in total. The van der Waals surface area contributed by atoms with Crippen molar-refractivity contribution >= 4 is 22.0 Å². The molecule has 0 aromatic carbocycles. The molecule has 0 aromatic rings. The molecule has 150 valence electrons. The summed E-state index contributed by atoms with van der Waals surface area (Å²) in [5.41, 5.74) is 0. The van der Waals surface area contributed by atoms with Crippen molar-refractivity contribution in [2.24, 2.45) is 5.92 Å². The number of fused-ring (bicyclic) bond motifs is 2. The zero-order chi connectivity index (χ0) is 19.8. The van der Waals surface area contributed by atoms with Gasteiger partial charge in [0, 0.05) is 26.7 Å². The van der Waals surface area contributed by atoms with Crippen LogP contribution in [-0.2, 0) is 24.5 Å². The first-order valence-corrected chi connectivity index (χ1v) is 10.5. The Morgan fingerprint density at radius 2 is 2.11 bits per heavy atom. The van der Waals surface area contributed by atoms with Crippen molar-refractivity contribution in [3.05, 3.63) is 0 Å². The molecule has 0 aromatic heterocycles. The molecule has 2 N–H and O–H groups in total. The summed E-state index contributed by atoms with van der Waals surface area (Å²) in [7, 11) is -1.18. The van der Waals surface area contributed by atoms with Gasteiger partial charge in [-0.05, 0) is 31.6 Å². The van der Waals surface area contributed by atoms with Crippen LogP contribution in [0.3, 0.4) is 0 Å². The standard InChI is InChI=1S/C16H25N5O5S/c1-20(2)27(24,25)19-14(22)9-26-13-7-10-6-12(13)18-15(10)16(23)21-5-3-4-11(21)8-17/h10-13,15,18H,3-7,9H2,1-2H3,(H,19,22)/t10-,11-,12+,13+,15-/m0/s1. The van der Waals surface area contributed by atoms with Gasteiger partial charge in [0.15, 0.2) is 0 Å². The van der Waals surface area contributed by atoms with Crippen LogP contribution in [0.1, 0.15) is 25.7 Å². The third-order valence-electron chi connectivity index (χ3n) is 5.51. The van der Waals surface area contributed by atoms with Crippen LogP contribution in [0.25, 0.3) is 0 Å². The molecule has 0 spiro atoms. The minimum absolute atomic E-state index is 0.0279. The molecule has 3 rings (SSSR count). The molecular weight excluding hydrogens is 374 g/mol. The smallest absolute Gasteiger partial charge is 0.303 e. The van der Waals surface area contributed by atoms with E-state index in [1.165, 1.54) is 14.1 Å². The molecule has 1 saturated carbocycles. The number of amides is 2. The highest BCUT2D eigenvalue weighted by Gasteiger charge is 2.50. The van der Waals surface area contributed by atoms with E-state index in [2.05, 4.69) is 11.4 Å². The van der Waals surface area contributed by atoms with Crippen molar-refractivity contribution < 1.29 is 22.7 Å². The highest BCUT2D eigenvalue weighted by molar-refractivity contribution is 7.87. The van der Waals surface area contributed by atoms with Gasteiger partial charge in [-0.3, -0.25) is 9.59 Å². The number of likely N-dealkylation sites (tertiary alicyclic amines) is 1. The Labute approximate surface area is 159 Å². The van der Waals surface area contributed by atoms with Crippen LogP contribution in [0, 0.1) is 17.2 Å². The number of hydrogen-bond donors (Lipinski definition) is 2. The van der Waals surface area contributed by atoms with Gasteiger partial charge in [-0.25, -0.2) is 4.72 Å². The van der Waals surface area contributed by atoms with Crippen molar-refractivity contribution in [2.45, 2.75) is 49.9 Å². The van der Waals surface area contributed by atoms with E-state index < -0.39 is 16.1 Å². The number of carbonyl (C=O) groups is 2. The summed E-state index contributed by atoms with van der Waals surface area (Å²) >= 11 is 0. The van der Waals surface area contributed by atoms with Gasteiger partial charge in [0.05, 0.1) is 18.2 Å². The first-order chi connectivity index (χ1) is 12.7. The van der Waals surface area contributed by atoms with Crippen LogP contribution in [0.15, 0.2) is 0 Å². The maximum atomic E-state index is 12.7. The van der Waals surface area contributed by atoms with Crippen LogP contribution in [0.5, 0.6) is 0 Å². The van der Waals surface area contributed by atoms with Gasteiger partial charge < -0.3 is 15.0 Å². The Bertz CT molecular complexity index is 749. The summed E-state index contributed by atoms with van der Waals surface area (Å²) in [6.07, 6.45) is 2.73. The molecule has 2 amide bonds. The summed E-state index contributed by atoms with van der Waals surface area (Å²) in [6, 6.07) is 1.48. The number of nitrogens with zero attached hydrogens (tertiary/aromatic N) is 3. The Morgan fingerprint density at radius 3 is 2.70 bits per heavy atom. The number of piperidine rings is 1. The van der Waals surface area contributed by atoms with Crippen LogP contribution < -0.4 is 10.0 Å². The van der Waals surface area contributed by atoms with E-state index in [1.54, 1.807) is 4.90 Å². The third kappa shape index (κ3) is 4.08. The summed E-state index contributed by atoms with van der Waals surface area (Å²) in [4.78, 5) is 26.2. The number of rotatable bonds is 6. The lowest BCUT2D eigenvalue weighted by Gasteiger charge is -2.32. The van der Waals surface area contributed by atoms with E-state index in [0.717, 1.165) is 23.6 Å². The summed E-state index contributed by atoms with van der Waals surface area (Å²) in [6.45, 7) is 0.261. The van der Waals surface area contributed by atoms with E-state index >= 15 is 0 Å². The predicted molar refractivity (Wildman–Crippen MR) is 94.3 cm³/mol. The van der Waals surface area contributed by atoms with Crippen LogP contribution in [0.4, 0.5) is 0 Å². The lowest BCUT2D eigenvalue weighted by atomic mass is 9.97. The Balaban J connectivity index is 1.48. The maximum Gasteiger partial charge on any atom is 0.303 e. The zero-order valence-electron chi connectivity index (χ0n) is 15.4. The molecule has 27 heavy (non-hydrogen) atoms. The van der Waals surface area contributed by atoms with Crippen molar-refractivity contribution in [1.29, 1.82) is 5.26 Å². The fraction of sp³-hybridized carbons (Fsp3) is 0.812. The van der Waals surface area contributed by atoms with E-state index in [4.69, 9.17) is 4.74 Å². The molecule has 0 radical (unpaired) electrons. The average Bonchev–Trinajstić information content (AvgIpc) is 3.33. The molecule has 1 aliphatic carbocycles. The largest absolute Gasteiger partial charge is 0.367 e. The van der Waals surface area contributed by atoms with Crippen molar-refractivity contribution in [3.63, 3.8) is 0 Å². The monoisotopic (exact) mass is 399 g/mol. The Morgan fingerprint density at radius 1 is 1.37 bits per heavy atom. The molecule has 3 fully saturated rings. The van der Waals surface area contributed by atoms with Gasteiger partial charge in [-0.15, -0.1) is 0 Å². The van der Waals surface area contributed by atoms with Crippen LogP contribution in [0.2, 0.25) is 0 Å². The Hall–Kier alpha value is -1.74. The fourth-order valence-corrected chi connectivity index (χ4v) is 4.63. The third-order valence-corrected chi connectivity index (χ3v) is 6.96. The number of hydrogen-bond acceptors (Lipinski definition) is 7. The number of carbonyl (C=O) groups excluding carboxylic acids is 2. The quantitative estimate of drug-likeness (QED) is 0.559. The van der Waals surface area contributed by atoms with E-state index in [9.17, 15) is 23.3 Å². The highest BCUT2D eigenvalue weighted by Crippen LogP contribution is 2.38. The average molecular weight is 399 g/mol. The van der Waals surface area contributed by atoms with E-state index in [1.807, 2.05) is 4.72 Å². The SMILES string of the molecule is CN(C)S(=O)(=O)NC(=O)CO[C@@H]1C[C@@H]2C[C@H]1N[C@@H]2C(=O)N1CCC[C@H]1C#N. The molecule has 5 atom stereocenters. The lowest BCUT2D eigenvalue weighted by molar-refractivity contribution is -0.136. The number of nitriles is 1. The molecule has 0 unspecified atom stereocenters. The van der Waals surface area contributed by atoms with Crippen molar-refractivity contribution in [1.82, 2.24) is 19.2 Å². The van der Waals surface area contributed by atoms with Gasteiger partial charge in [0.25, 0.3) is 5.91 Å². The topological polar surface area (TPSA) is 132 Å². The molecule has 3 aliphatic rings. The Kier molecular flexibility index (Phi) is 5.71. The van der Waals surface area contributed by atoms with Crippen LogP contribution in [-0.4, -0.2) is 80.9 Å². The van der Waals surface area contributed by atoms with Gasteiger partial charge in [-0.1, -0.05) is 0 Å². The second-order valence-corrected chi connectivity index (χ2v) is 9.35. The van der Waals surface area contributed by atoms with Crippen molar-refractivity contribution in [3.8, 4) is 6.07 Å². The molecule has 2 heterocycles. The predicted octanol–water partition coefficient (Wildman–Crippen LogP) is -1.44. The molecule has 11 heteroatoms. The lowest BCUT2D eigenvalue weighted by Crippen LogP contribution is -2.54. The van der Waals surface area contributed by atoms with Gasteiger partial charge in [-0.2, -0.15) is 18.0 Å². The molecule has 2 saturated heterocycles. The van der Waals surface area contributed by atoms with Crippen LogP contribution >= 0.6 is 0 Å².